The summed E-state index contributed by atoms with van der Waals surface area (Å²) in [5.74, 6) is 0.364. The van der Waals surface area contributed by atoms with Crippen LogP contribution in [0.1, 0.15) is 18.4 Å². The highest BCUT2D eigenvalue weighted by atomic mass is 35.5. The van der Waals surface area contributed by atoms with Crippen LogP contribution in [0.5, 0.6) is 0 Å². The van der Waals surface area contributed by atoms with E-state index in [1.54, 1.807) is 19.1 Å². The number of benzene rings is 1. The van der Waals surface area contributed by atoms with Crippen LogP contribution in [0.2, 0.25) is 5.02 Å². The maximum Gasteiger partial charge on any atom is 0.240 e. The van der Waals surface area contributed by atoms with Gasteiger partial charge in [0.15, 0.2) is 0 Å². The lowest BCUT2D eigenvalue weighted by atomic mass is 10.0. The first-order valence-electron chi connectivity index (χ1n) is 6.45. The zero-order chi connectivity index (χ0) is 13.9. The summed E-state index contributed by atoms with van der Waals surface area (Å²) in [7, 11) is -3.48. The van der Waals surface area contributed by atoms with Crippen molar-refractivity contribution in [3.63, 3.8) is 0 Å². The van der Waals surface area contributed by atoms with E-state index in [0.29, 0.717) is 23.0 Å². The minimum Gasteiger partial charge on any atom is -0.316 e. The van der Waals surface area contributed by atoms with E-state index in [-0.39, 0.29) is 4.90 Å². The fourth-order valence-electron chi connectivity index (χ4n) is 2.27. The lowest BCUT2D eigenvalue weighted by molar-refractivity contribution is 0.376. The largest absolute Gasteiger partial charge is 0.316 e. The fourth-order valence-corrected chi connectivity index (χ4v) is 3.89. The highest BCUT2D eigenvalue weighted by molar-refractivity contribution is 7.89. The molecule has 6 heteroatoms. The molecular formula is C13H19ClN2O2S. The smallest absolute Gasteiger partial charge is 0.240 e. The van der Waals surface area contributed by atoms with Gasteiger partial charge in [-0.3, -0.25) is 0 Å². The first kappa shape index (κ1) is 14.8. The Bertz CT molecular complexity index is 540. The number of sulfonamides is 1. The average Bonchev–Trinajstić information content (AvgIpc) is 2.40. The number of rotatable bonds is 4. The Hall–Kier alpha value is -0.620. The summed E-state index contributed by atoms with van der Waals surface area (Å²) >= 11 is 5.87. The topological polar surface area (TPSA) is 58.2 Å². The summed E-state index contributed by atoms with van der Waals surface area (Å²) in [6.45, 7) is 4.14. The molecule has 1 aromatic rings. The molecule has 0 bridgehead atoms. The minimum atomic E-state index is -3.48. The number of hydrogen-bond donors (Lipinski definition) is 2. The van der Waals surface area contributed by atoms with Crippen molar-refractivity contribution in [1.82, 2.24) is 10.0 Å². The maximum atomic E-state index is 12.3. The fraction of sp³-hybridized carbons (Fsp3) is 0.538. The van der Waals surface area contributed by atoms with Crippen LogP contribution in [0.15, 0.2) is 23.1 Å². The van der Waals surface area contributed by atoms with Gasteiger partial charge in [0.1, 0.15) is 0 Å². The molecule has 0 amide bonds. The normalized spacial score (nSPS) is 20.4. The molecule has 0 aromatic heterocycles. The monoisotopic (exact) mass is 302 g/mol. The summed E-state index contributed by atoms with van der Waals surface area (Å²) in [5, 5.41) is 3.71. The number of halogens is 1. The molecule has 106 valence electrons. The van der Waals surface area contributed by atoms with Gasteiger partial charge in [-0.1, -0.05) is 17.7 Å². The molecule has 4 nitrogen and oxygen atoms in total. The van der Waals surface area contributed by atoms with Gasteiger partial charge in [-0.05, 0) is 56.5 Å². The molecule has 1 atom stereocenters. The van der Waals surface area contributed by atoms with Gasteiger partial charge in [0.25, 0.3) is 0 Å². The van der Waals surface area contributed by atoms with E-state index in [4.69, 9.17) is 11.6 Å². The second kappa shape index (κ2) is 6.22. The first-order valence-corrected chi connectivity index (χ1v) is 8.32. The Labute approximate surface area is 119 Å². The maximum absolute atomic E-state index is 12.3. The third-order valence-corrected chi connectivity index (χ3v) is 5.20. The zero-order valence-electron chi connectivity index (χ0n) is 10.9. The van der Waals surface area contributed by atoms with E-state index in [9.17, 15) is 8.42 Å². The molecule has 1 fully saturated rings. The molecule has 2 N–H and O–H groups in total. The van der Waals surface area contributed by atoms with Crippen molar-refractivity contribution in [1.29, 1.82) is 0 Å². The predicted octanol–water partition coefficient (Wildman–Crippen LogP) is 1.93. The number of piperidine rings is 1. The van der Waals surface area contributed by atoms with Crippen molar-refractivity contribution in [3.05, 3.63) is 28.8 Å². The molecule has 0 aliphatic carbocycles. The van der Waals surface area contributed by atoms with E-state index in [0.717, 1.165) is 25.9 Å². The lowest BCUT2D eigenvalue weighted by Gasteiger charge is -2.23. The van der Waals surface area contributed by atoms with Gasteiger partial charge in [-0.15, -0.1) is 0 Å². The Morgan fingerprint density at radius 3 is 2.95 bits per heavy atom. The molecule has 0 spiro atoms. The van der Waals surface area contributed by atoms with Crippen LogP contribution >= 0.6 is 11.6 Å². The van der Waals surface area contributed by atoms with Gasteiger partial charge < -0.3 is 5.32 Å². The SMILES string of the molecule is Cc1ccc(Cl)cc1S(=O)(=O)NC[C@@H]1CCCNC1. The molecule has 1 aliphatic heterocycles. The third-order valence-electron chi connectivity index (χ3n) is 3.40. The minimum absolute atomic E-state index is 0.267. The van der Waals surface area contributed by atoms with Crippen molar-refractivity contribution < 1.29 is 8.42 Å². The Kier molecular flexibility index (Phi) is 4.84. The van der Waals surface area contributed by atoms with E-state index in [2.05, 4.69) is 10.0 Å². The van der Waals surface area contributed by atoms with Gasteiger partial charge in [0, 0.05) is 11.6 Å². The van der Waals surface area contributed by atoms with Gasteiger partial charge in [-0.25, -0.2) is 13.1 Å². The summed E-state index contributed by atoms with van der Waals surface area (Å²) in [4.78, 5) is 0.267. The average molecular weight is 303 g/mol. The van der Waals surface area contributed by atoms with Crippen molar-refractivity contribution >= 4 is 21.6 Å². The van der Waals surface area contributed by atoms with Crippen molar-refractivity contribution in [2.45, 2.75) is 24.7 Å². The highest BCUT2D eigenvalue weighted by Gasteiger charge is 2.20. The summed E-state index contributed by atoms with van der Waals surface area (Å²) < 4.78 is 27.2. The second-order valence-corrected chi connectivity index (χ2v) is 7.15. The van der Waals surface area contributed by atoms with Crippen LogP contribution in [0.3, 0.4) is 0 Å². The first-order chi connectivity index (χ1) is 8.99. The van der Waals surface area contributed by atoms with Gasteiger partial charge in [0.05, 0.1) is 4.90 Å². The number of nitrogens with one attached hydrogen (secondary N) is 2. The Balaban J connectivity index is 2.07. The second-order valence-electron chi connectivity index (χ2n) is 4.97. The molecule has 1 aromatic carbocycles. The quantitative estimate of drug-likeness (QED) is 0.893. The molecule has 1 heterocycles. The Morgan fingerprint density at radius 2 is 2.26 bits per heavy atom. The van der Waals surface area contributed by atoms with E-state index < -0.39 is 10.0 Å². The third kappa shape index (κ3) is 3.92. The standard InChI is InChI=1S/C13H19ClN2O2S/c1-10-4-5-12(14)7-13(10)19(17,18)16-9-11-3-2-6-15-8-11/h4-5,7,11,15-16H,2-3,6,8-9H2,1H3/t11-/m1/s1. The number of aryl methyl sites for hydroxylation is 1. The molecule has 19 heavy (non-hydrogen) atoms. The van der Waals surface area contributed by atoms with Crippen LogP contribution < -0.4 is 10.0 Å². The van der Waals surface area contributed by atoms with Crippen LogP contribution in [0.25, 0.3) is 0 Å². The molecule has 0 saturated carbocycles. The van der Waals surface area contributed by atoms with Gasteiger partial charge in [-0.2, -0.15) is 0 Å². The van der Waals surface area contributed by atoms with Crippen LogP contribution in [0, 0.1) is 12.8 Å². The zero-order valence-corrected chi connectivity index (χ0v) is 12.5. The van der Waals surface area contributed by atoms with Crippen LogP contribution in [-0.2, 0) is 10.0 Å². The van der Waals surface area contributed by atoms with E-state index in [1.165, 1.54) is 6.07 Å². The predicted molar refractivity (Wildman–Crippen MR) is 77.0 cm³/mol. The van der Waals surface area contributed by atoms with Crippen molar-refractivity contribution in [2.24, 2.45) is 5.92 Å². The lowest BCUT2D eigenvalue weighted by Crippen LogP contribution is -2.38. The molecule has 1 aliphatic rings. The van der Waals surface area contributed by atoms with Gasteiger partial charge in [0.2, 0.25) is 10.0 Å². The number of hydrogen-bond acceptors (Lipinski definition) is 3. The highest BCUT2D eigenvalue weighted by Crippen LogP contribution is 2.20. The van der Waals surface area contributed by atoms with E-state index >= 15 is 0 Å². The summed E-state index contributed by atoms with van der Waals surface area (Å²) in [6.07, 6.45) is 2.16. The molecule has 2 rings (SSSR count). The van der Waals surface area contributed by atoms with Crippen molar-refractivity contribution in [2.75, 3.05) is 19.6 Å². The molecule has 1 saturated heterocycles. The molecule has 0 radical (unpaired) electrons. The van der Waals surface area contributed by atoms with Crippen LogP contribution in [0.4, 0.5) is 0 Å². The van der Waals surface area contributed by atoms with E-state index in [1.807, 2.05) is 0 Å². The molecule has 0 unspecified atom stereocenters. The summed E-state index contributed by atoms with van der Waals surface area (Å²) in [6, 6.07) is 4.92. The Morgan fingerprint density at radius 1 is 1.47 bits per heavy atom. The van der Waals surface area contributed by atoms with Gasteiger partial charge >= 0.3 is 0 Å². The van der Waals surface area contributed by atoms with Crippen LogP contribution in [-0.4, -0.2) is 28.1 Å². The summed E-state index contributed by atoms with van der Waals surface area (Å²) in [5.41, 5.74) is 0.707. The van der Waals surface area contributed by atoms with Crippen molar-refractivity contribution in [3.8, 4) is 0 Å². The molecular weight excluding hydrogens is 284 g/mol.